The Morgan fingerprint density at radius 1 is 1.22 bits per heavy atom. The van der Waals surface area contributed by atoms with E-state index in [2.05, 4.69) is 10.3 Å². The topological polar surface area (TPSA) is 105 Å². The average molecular weight is 368 g/mol. The Bertz CT molecular complexity index is 884. The van der Waals surface area contributed by atoms with Crippen molar-refractivity contribution in [2.45, 2.75) is 19.8 Å². The monoisotopic (exact) mass is 368 g/mol. The lowest BCUT2D eigenvalue weighted by Crippen LogP contribution is -2.44. The molecule has 1 fully saturated rings. The number of aromatic nitrogens is 1. The van der Waals surface area contributed by atoms with Crippen LogP contribution in [-0.4, -0.2) is 39.7 Å². The van der Waals surface area contributed by atoms with Crippen LogP contribution in [0.15, 0.2) is 42.5 Å². The van der Waals surface area contributed by atoms with Gasteiger partial charge >= 0.3 is 0 Å². The number of para-hydroxylation sites is 1. The number of aryl methyl sites for hydroxylation is 1. The minimum absolute atomic E-state index is 0.0453. The molecule has 0 aliphatic carbocycles. The fourth-order valence-corrected chi connectivity index (χ4v) is 3.20. The molecular formula is C19H20N4O4. The van der Waals surface area contributed by atoms with Gasteiger partial charge < -0.3 is 10.2 Å². The van der Waals surface area contributed by atoms with Crippen molar-refractivity contribution in [2.24, 2.45) is 5.92 Å². The molecule has 1 unspecified atom stereocenters. The van der Waals surface area contributed by atoms with Gasteiger partial charge in [0.1, 0.15) is 11.4 Å². The number of piperidine rings is 1. The van der Waals surface area contributed by atoms with Crippen molar-refractivity contribution in [3.05, 3.63) is 63.8 Å². The molecule has 1 aliphatic heterocycles. The molecular weight excluding hydrogens is 348 g/mol. The van der Waals surface area contributed by atoms with Crippen LogP contribution >= 0.6 is 0 Å². The molecule has 1 aromatic heterocycles. The van der Waals surface area contributed by atoms with Crippen LogP contribution in [0.25, 0.3) is 0 Å². The maximum Gasteiger partial charge on any atom is 0.282 e. The van der Waals surface area contributed by atoms with E-state index < -0.39 is 10.8 Å². The summed E-state index contributed by atoms with van der Waals surface area (Å²) >= 11 is 0. The average Bonchev–Trinajstić information content (AvgIpc) is 2.67. The number of nitrogens with one attached hydrogen (secondary N) is 1. The predicted molar refractivity (Wildman–Crippen MR) is 99.3 cm³/mol. The standard InChI is InChI=1S/C19H20N4O4/c1-13-6-4-10-17(20-13)21-18(24)14-7-5-11-22(12-14)19(25)15-8-2-3-9-16(15)23(26)27/h2-4,6,8-10,14H,5,7,11-12H2,1H3,(H,20,21,24). The Morgan fingerprint density at radius 2 is 2.00 bits per heavy atom. The number of likely N-dealkylation sites (tertiary alicyclic amines) is 1. The number of carbonyl (C=O) groups excluding carboxylic acids is 2. The van der Waals surface area contributed by atoms with Crippen LogP contribution in [0, 0.1) is 23.0 Å². The number of rotatable bonds is 4. The van der Waals surface area contributed by atoms with Crippen LogP contribution < -0.4 is 5.32 Å². The zero-order valence-electron chi connectivity index (χ0n) is 14.9. The summed E-state index contributed by atoms with van der Waals surface area (Å²) in [5.74, 6) is -0.531. The maximum atomic E-state index is 12.8. The molecule has 1 aromatic carbocycles. The molecule has 1 aliphatic rings. The van der Waals surface area contributed by atoms with Crippen LogP contribution in [-0.2, 0) is 4.79 Å². The van der Waals surface area contributed by atoms with Crippen LogP contribution in [0.4, 0.5) is 11.5 Å². The minimum atomic E-state index is -0.565. The second kappa shape index (κ2) is 7.94. The number of nitro benzene ring substituents is 1. The fraction of sp³-hybridized carbons (Fsp3) is 0.316. The number of hydrogen-bond donors (Lipinski definition) is 1. The first-order valence-electron chi connectivity index (χ1n) is 8.73. The molecule has 1 saturated heterocycles. The molecule has 8 nitrogen and oxygen atoms in total. The summed E-state index contributed by atoms with van der Waals surface area (Å²) in [5.41, 5.74) is 0.617. The molecule has 0 saturated carbocycles. The van der Waals surface area contributed by atoms with Gasteiger partial charge in [0.25, 0.3) is 11.6 Å². The third kappa shape index (κ3) is 4.28. The van der Waals surface area contributed by atoms with Crippen molar-refractivity contribution < 1.29 is 14.5 Å². The first kappa shape index (κ1) is 18.5. The summed E-state index contributed by atoms with van der Waals surface area (Å²) in [6.45, 7) is 2.53. The Hall–Kier alpha value is -3.29. The molecule has 27 heavy (non-hydrogen) atoms. The Morgan fingerprint density at radius 3 is 2.74 bits per heavy atom. The highest BCUT2D eigenvalue weighted by atomic mass is 16.6. The van der Waals surface area contributed by atoms with Crippen molar-refractivity contribution in [1.29, 1.82) is 0 Å². The Labute approximate surface area is 156 Å². The molecule has 2 amide bonds. The second-order valence-corrected chi connectivity index (χ2v) is 6.52. The molecule has 0 radical (unpaired) electrons. The van der Waals surface area contributed by atoms with E-state index in [1.807, 2.05) is 19.1 Å². The van der Waals surface area contributed by atoms with Gasteiger partial charge in [0.2, 0.25) is 5.91 Å². The number of benzene rings is 1. The second-order valence-electron chi connectivity index (χ2n) is 6.52. The lowest BCUT2D eigenvalue weighted by atomic mass is 9.96. The van der Waals surface area contributed by atoms with Gasteiger partial charge in [-0.25, -0.2) is 4.98 Å². The summed E-state index contributed by atoms with van der Waals surface area (Å²) in [4.78, 5) is 41.7. The van der Waals surface area contributed by atoms with E-state index in [-0.39, 0.29) is 29.6 Å². The molecule has 2 aromatic rings. The quantitative estimate of drug-likeness (QED) is 0.660. The van der Waals surface area contributed by atoms with Crippen molar-refractivity contribution in [3.8, 4) is 0 Å². The van der Waals surface area contributed by atoms with Crippen molar-refractivity contribution in [1.82, 2.24) is 9.88 Å². The van der Waals surface area contributed by atoms with Gasteiger partial charge in [-0.05, 0) is 38.0 Å². The molecule has 3 rings (SSSR count). The lowest BCUT2D eigenvalue weighted by molar-refractivity contribution is -0.385. The maximum absolute atomic E-state index is 12.8. The normalized spacial score (nSPS) is 16.6. The predicted octanol–water partition coefficient (Wildman–Crippen LogP) is 2.79. The lowest BCUT2D eigenvalue weighted by Gasteiger charge is -2.32. The summed E-state index contributed by atoms with van der Waals surface area (Å²) < 4.78 is 0. The van der Waals surface area contributed by atoms with Crippen molar-refractivity contribution in [3.63, 3.8) is 0 Å². The van der Waals surface area contributed by atoms with Crippen molar-refractivity contribution >= 4 is 23.3 Å². The van der Waals surface area contributed by atoms with Gasteiger partial charge in [-0.15, -0.1) is 0 Å². The van der Waals surface area contributed by atoms with E-state index >= 15 is 0 Å². The highest BCUT2D eigenvalue weighted by molar-refractivity contribution is 5.99. The number of carbonyl (C=O) groups is 2. The van der Waals surface area contributed by atoms with Gasteiger partial charge in [-0.3, -0.25) is 19.7 Å². The van der Waals surface area contributed by atoms with Crippen molar-refractivity contribution in [2.75, 3.05) is 18.4 Å². The van der Waals surface area contributed by atoms with E-state index in [1.54, 1.807) is 12.1 Å². The third-order valence-corrected chi connectivity index (χ3v) is 4.55. The van der Waals surface area contributed by atoms with E-state index in [9.17, 15) is 19.7 Å². The molecule has 1 N–H and O–H groups in total. The van der Waals surface area contributed by atoms with E-state index in [1.165, 1.54) is 23.1 Å². The molecule has 2 heterocycles. The first-order chi connectivity index (χ1) is 13.0. The van der Waals surface area contributed by atoms with Crippen LogP contribution in [0.1, 0.15) is 28.9 Å². The zero-order valence-corrected chi connectivity index (χ0v) is 14.9. The smallest absolute Gasteiger partial charge is 0.282 e. The highest BCUT2D eigenvalue weighted by Crippen LogP contribution is 2.24. The SMILES string of the molecule is Cc1cccc(NC(=O)C2CCCN(C(=O)c3ccccc3[N+](=O)[O-])C2)n1. The van der Waals surface area contributed by atoms with Crippen LogP contribution in [0.5, 0.6) is 0 Å². The molecule has 1 atom stereocenters. The molecule has 0 spiro atoms. The van der Waals surface area contributed by atoms with E-state index in [0.29, 0.717) is 25.2 Å². The van der Waals surface area contributed by atoms with E-state index in [4.69, 9.17) is 0 Å². The summed E-state index contributed by atoms with van der Waals surface area (Å²) in [7, 11) is 0. The number of hydrogen-bond acceptors (Lipinski definition) is 5. The highest BCUT2D eigenvalue weighted by Gasteiger charge is 2.31. The largest absolute Gasteiger partial charge is 0.338 e. The van der Waals surface area contributed by atoms with E-state index in [0.717, 1.165) is 5.69 Å². The first-order valence-corrected chi connectivity index (χ1v) is 8.73. The van der Waals surface area contributed by atoms with Gasteiger partial charge in [-0.2, -0.15) is 0 Å². The molecule has 140 valence electrons. The summed E-state index contributed by atoms with van der Waals surface area (Å²) in [6, 6.07) is 11.2. The number of nitro groups is 1. The van der Waals surface area contributed by atoms with Gasteiger partial charge in [0.15, 0.2) is 0 Å². The Balaban J connectivity index is 1.71. The van der Waals surface area contributed by atoms with Crippen LogP contribution in [0.2, 0.25) is 0 Å². The van der Waals surface area contributed by atoms with Gasteiger partial charge in [0, 0.05) is 24.8 Å². The molecule has 8 heteroatoms. The number of anilines is 1. The zero-order chi connectivity index (χ0) is 19.4. The number of amides is 2. The summed E-state index contributed by atoms with van der Waals surface area (Å²) in [6.07, 6.45) is 1.31. The number of pyridine rings is 1. The minimum Gasteiger partial charge on any atom is -0.338 e. The fourth-order valence-electron chi connectivity index (χ4n) is 3.20. The Kier molecular flexibility index (Phi) is 5.44. The van der Waals surface area contributed by atoms with Crippen LogP contribution in [0.3, 0.4) is 0 Å². The van der Waals surface area contributed by atoms with Gasteiger partial charge in [-0.1, -0.05) is 18.2 Å². The number of nitrogens with zero attached hydrogens (tertiary/aromatic N) is 3. The third-order valence-electron chi connectivity index (χ3n) is 4.55. The van der Waals surface area contributed by atoms with Gasteiger partial charge in [0.05, 0.1) is 10.8 Å². The summed E-state index contributed by atoms with van der Waals surface area (Å²) in [5, 5.41) is 14.0. The molecule has 0 bridgehead atoms.